The van der Waals surface area contributed by atoms with Crippen LogP contribution in [-0.4, -0.2) is 40.4 Å². The second kappa shape index (κ2) is 6.64. The van der Waals surface area contributed by atoms with Crippen LogP contribution in [0.5, 0.6) is 0 Å². The third-order valence-corrected chi connectivity index (χ3v) is 3.22. The maximum absolute atomic E-state index is 12.1. The fraction of sp³-hybridized carbons (Fsp3) is 0.333. The zero-order valence-electron chi connectivity index (χ0n) is 12.0. The Morgan fingerprint density at radius 3 is 2.50 bits per heavy atom. The van der Waals surface area contributed by atoms with Crippen LogP contribution in [0.1, 0.15) is 12.0 Å². The highest BCUT2D eigenvalue weighted by atomic mass is 19.4. The lowest BCUT2D eigenvalue weighted by atomic mass is 10.1. The summed E-state index contributed by atoms with van der Waals surface area (Å²) in [6.45, 7) is -0.326. The smallest absolute Gasteiger partial charge is 0.345 e. The molecule has 0 unspecified atom stereocenters. The summed E-state index contributed by atoms with van der Waals surface area (Å²) in [5.41, 5.74) is 1.60. The number of hydrogen-bond donors (Lipinski definition) is 0. The Labute approximate surface area is 126 Å². The molecule has 0 spiro atoms. The van der Waals surface area contributed by atoms with Crippen LogP contribution in [0.25, 0.3) is 5.69 Å². The summed E-state index contributed by atoms with van der Waals surface area (Å²) >= 11 is 0. The van der Waals surface area contributed by atoms with Crippen molar-refractivity contribution in [1.82, 2.24) is 14.7 Å². The Hall–Kier alpha value is -2.31. The Morgan fingerprint density at radius 2 is 1.95 bits per heavy atom. The van der Waals surface area contributed by atoms with Gasteiger partial charge in [0, 0.05) is 26.0 Å². The van der Waals surface area contributed by atoms with E-state index in [0.29, 0.717) is 0 Å². The van der Waals surface area contributed by atoms with Crippen molar-refractivity contribution in [3.05, 3.63) is 48.3 Å². The second-order valence-electron chi connectivity index (χ2n) is 4.97. The number of alkyl halides is 3. The van der Waals surface area contributed by atoms with Crippen molar-refractivity contribution in [3.63, 3.8) is 0 Å². The number of benzene rings is 1. The maximum atomic E-state index is 12.1. The second-order valence-corrected chi connectivity index (χ2v) is 4.97. The van der Waals surface area contributed by atoms with Crippen molar-refractivity contribution >= 4 is 5.91 Å². The number of halogens is 3. The Kier molecular flexibility index (Phi) is 4.85. The Bertz CT molecular complexity index is 606. The van der Waals surface area contributed by atoms with Crippen LogP contribution in [0.3, 0.4) is 0 Å². The first-order valence-electron chi connectivity index (χ1n) is 6.75. The standard InChI is InChI=1S/C15H16F3N3O/c1-20(10-7-15(16,17)18)14(22)11-12-3-5-13(6-4-12)21-9-2-8-19-21/h2-6,8-9H,7,10-11H2,1H3. The van der Waals surface area contributed by atoms with E-state index in [1.54, 1.807) is 35.3 Å². The van der Waals surface area contributed by atoms with Crippen molar-refractivity contribution in [1.29, 1.82) is 0 Å². The Balaban J connectivity index is 1.91. The van der Waals surface area contributed by atoms with Gasteiger partial charge in [0.25, 0.3) is 0 Å². The van der Waals surface area contributed by atoms with Gasteiger partial charge in [-0.1, -0.05) is 12.1 Å². The zero-order valence-corrected chi connectivity index (χ0v) is 12.0. The average Bonchev–Trinajstić information content (AvgIpc) is 2.99. The van der Waals surface area contributed by atoms with Gasteiger partial charge in [0.05, 0.1) is 18.5 Å². The molecule has 0 saturated heterocycles. The minimum absolute atomic E-state index is 0.0771. The summed E-state index contributed by atoms with van der Waals surface area (Å²) in [7, 11) is 1.38. The van der Waals surface area contributed by atoms with Crippen LogP contribution in [-0.2, 0) is 11.2 Å². The summed E-state index contributed by atoms with van der Waals surface area (Å²) in [6, 6.07) is 8.96. The highest BCUT2D eigenvalue weighted by Gasteiger charge is 2.27. The van der Waals surface area contributed by atoms with E-state index in [1.807, 2.05) is 12.1 Å². The average molecular weight is 311 g/mol. The van der Waals surface area contributed by atoms with Crippen molar-refractivity contribution in [3.8, 4) is 5.69 Å². The van der Waals surface area contributed by atoms with Gasteiger partial charge in [-0.05, 0) is 23.8 Å². The molecule has 2 aromatic rings. The highest BCUT2D eigenvalue weighted by molar-refractivity contribution is 5.78. The molecule has 7 heteroatoms. The largest absolute Gasteiger partial charge is 0.390 e. The van der Waals surface area contributed by atoms with Crippen molar-refractivity contribution in [2.45, 2.75) is 19.0 Å². The van der Waals surface area contributed by atoms with Crippen LogP contribution >= 0.6 is 0 Å². The lowest BCUT2D eigenvalue weighted by Crippen LogP contribution is -2.31. The number of carbonyl (C=O) groups excluding carboxylic acids is 1. The molecule has 0 aliphatic carbocycles. The van der Waals surface area contributed by atoms with Crippen LogP contribution in [0, 0.1) is 0 Å². The van der Waals surface area contributed by atoms with Gasteiger partial charge in [-0.25, -0.2) is 4.68 Å². The molecule has 0 atom stereocenters. The van der Waals surface area contributed by atoms with E-state index < -0.39 is 12.6 Å². The lowest BCUT2D eigenvalue weighted by Gasteiger charge is -2.18. The first-order chi connectivity index (χ1) is 10.3. The van der Waals surface area contributed by atoms with E-state index in [9.17, 15) is 18.0 Å². The highest BCUT2D eigenvalue weighted by Crippen LogP contribution is 2.19. The number of carbonyl (C=O) groups is 1. The molecule has 0 aliphatic rings. The van der Waals surface area contributed by atoms with Crippen LogP contribution in [0.15, 0.2) is 42.7 Å². The number of amides is 1. The van der Waals surface area contributed by atoms with Crippen LogP contribution in [0.2, 0.25) is 0 Å². The van der Waals surface area contributed by atoms with Crippen LogP contribution in [0.4, 0.5) is 13.2 Å². The molecule has 1 amide bonds. The van der Waals surface area contributed by atoms with Crippen molar-refractivity contribution < 1.29 is 18.0 Å². The topological polar surface area (TPSA) is 38.1 Å². The fourth-order valence-electron chi connectivity index (χ4n) is 1.92. The molecular weight excluding hydrogens is 295 g/mol. The molecular formula is C15H16F3N3O. The fourth-order valence-corrected chi connectivity index (χ4v) is 1.92. The summed E-state index contributed by atoms with van der Waals surface area (Å²) in [5.74, 6) is -0.337. The number of likely N-dealkylation sites (N-methyl/N-ethyl adjacent to an activating group) is 1. The number of rotatable bonds is 5. The zero-order chi connectivity index (χ0) is 16.2. The first-order valence-corrected chi connectivity index (χ1v) is 6.75. The third-order valence-electron chi connectivity index (χ3n) is 3.22. The lowest BCUT2D eigenvalue weighted by molar-refractivity contribution is -0.143. The summed E-state index contributed by atoms with van der Waals surface area (Å²) in [6.07, 6.45) is -1.71. The molecule has 1 aromatic carbocycles. The van der Waals surface area contributed by atoms with Crippen LogP contribution < -0.4 is 0 Å². The molecule has 0 saturated carbocycles. The molecule has 0 aliphatic heterocycles. The number of hydrogen-bond acceptors (Lipinski definition) is 2. The monoisotopic (exact) mass is 311 g/mol. The van der Waals surface area contributed by atoms with Crippen molar-refractivity contribution in [2.24, 2.45) is 0 Å². The van der Waals surface area contributed by atoms with E-state index in [-0.39, 0.29) is 18.9 Å². The predicted molar refractivity (Wildman–Crippen MR) is 75.6 cm³/mol. The predicted octanol–water partition coefficient (Wildman–Crippen LogP) is 2.83. The van der Waals surface area contributed by atoms with Gasteiger partial charge < -0.3 is 4.90 Å². The minimum Gasteiger partial charge on any atom is -0.345 e. The van der Waals surface area contributed by atoms with Gasteiger partial charge in [0.2, 0.25) is 5.91 Å². The van der Waals surface area contributed by atoms with Gasteiger partial charge in [-0.2, -0.15) is 18.3 Å². The molecule has 22 heavy (non-hydrogen) atoms. The molecule has 0 radical (unpaired) electrons. The number of nitrogens with zero attached hydrogens (tertiary/aromatic N) is 3. The first kappa shape index (κ1) is 16.1. The van der Waals surface area contributed by atoms with E-state index >= 15 is 0 Å². The molecule has 1 heterocycles. The molecule has 0 bridgehead atoms. The van der Waals surface area contributed by atoms with E-state index in [2.05, 4.69) is 5.10 Å². The van der Waals surface area contributed by atoms with E-state index in [1.165, 1.54) is 7.05 Å². The summed E-state index contributed by atoms with van der Waals surface area (Å²) < 4.78 is 38.1. The maximum Gasteiger partial charge on any atom is 0.390 e. The quantitative estimate of drug-likeness (QED) is 0.851. The van der Waals surface area contributed by atoms with Gasteiger partial charge in [-0.3, -0.25) is 4.79 Å². The minimum atomic E-state index is -4.25. The van der Waals surface area contributed by atoms with Gasteiger partial charge >= 0.3 is 6.18 Å². The van der Waals surface area contributed by atoms with Gasteiger partial charge in [0.1, 0.15) is 0 Å². The molecule has 1 aromatic heterocycles. The molecule has 118 valence electrons. The van der Waals surface area contributed by atoms with Crippen molar-refractivity contribution in [2.75, 3.05) is 13.6 Å². The van der Waals surface area contributed by atoms with E-state index in [4.69, 9.17) is 0 Å². The van der Waals surface area contributed by atoms with Gasteiger partial charge in [0.15, 0.2) is 0 Å². The summed E-state index contributed by atoms with van der Waals surface area (Å²) in [4.78, 5) is 13.0. The third kappa shape index (κ3) is 4.61. The van der Waals surface area contributed by atoms with Gasteiger partial charge in [-0.15, -0.1) is 0 Å². The molecule has 0 N–H and O–H groups in total. The molecule has 2 rings (SSSR count). The Morgan fingerprint density at radius 1 is 1.27 bits per heavy atom. The summed E-state index contributed by atoms with van der Waals surface area (Å²) in [5, 5.41) is 4.09. The SMILES string of the molecule is CN(CCC(F)(F)F)C(=O)Cc1ccc(-n2cccn2)cc1. The normalized spacial score (nSPS) is 11.5. The molecule has 0 fully saturated rings. The molecule has 4 nitrogen and oxygen atoms in total. The van der Waals surface area contributed by atoms with E-state index in [0.717, 1.165) is 16.2 Å². The number of aromatic nitrogens is 2.